The maximum atomic E-state index is 13.5. The third kappa shape index (κ3) is 5.79. The minimum Gasteiger partial charge on any atom is -0.494 e. The highest BCUT2D eigenvalue weighted by Crippen LogP contribution is 2.32. The Labute approximate surface area is 200 Å². The third-order valence-electron chi connectivity index (χ3n) is 5.30. The zero-order chi connectivity index (χ0) is 22.5. The zero-order valence-electron chi connectivity index (χ0n) is 19.8. The van der Waals surface area contributed by atoms with Crippen molar-refractivity contribution in [2.24, 2.45) is 0 Å². The fraction of sp³-hybridized carbons (Fsp3) is 0.522. The van der Waals surface area contributed by atoms with E-state index >= 15 is 0 Å². The Morgan fingerprint density at radius 2 is 1.88 bits per heavy atom. The van der Waals surface area contributed by atoms with Gasteiger partial charge in [0.2, 0.25) is 0 Å². The van der Waals surface area contributed by atoms with Gasteiger partial charge in [0.15, 0.2) is 10.8 Å². The van der Waals surface area contributed by atoms with Gasteiger partial charge in [0, 0.05) is 24.8 Å². The summed E-state index contributed by atoms with van der Waals surface area (Å²) in [6.45, 7) is 16.2. The van der Waals surface area contributed by atoms with Crippen molar-refractivity contribution in [3.05, 3.63) is 35.7 Å². The lowest BCUT2D eigenvalue weighted by atomic mass is 10.3. The van der Waals surface area contributed by atoms with Crippen molar-refractivity contribution >= 4 is 45.0 Å². The Balaban J connectivity index is 0.00000363. The van der Waals surface area contributed by atoms with Crippen LogP contribution < -0.4 is 9.64 Å². The average molecular weight is 480 g/mol. The Kier molecular flexibility index (Phi) is 9.48. The summed E-state index contributed by atoms with van der Waals surface area (Å²) in [7, 11) is 0. The molecule has 3 aromatic rings. The van der Waals surface area contributed by atoms with Crippen molar-refractivity contribution in [3.8, 4) is 5.75 Å². The first kappa shape index (κ1) is 26.1. The van der Waals surface area contributed by atoms with Crippen LogP contribution in [-0.4, -0.2) is 58.4 Å². The number of aromatic nitrogens is 3. The number of amides is 1. The summed E-state index contributed by atoms with van der Waals surface area (Å²) in [5, 5.41) is 5.28. The van der Waals surface area contributed by atoms with Crippen molar-refractivity contribution < 1.29 is 9.53 Å². The Morgan fingerprint density at radius 3 is 2.47 bits per heavy atom. The molecular weight excluding hydrogens is 446 g/mol. The fourth-order valence-corrected chi connectivity index (χ4v) is 4.60. The van der Waals surface area contributed by atoms with Crippen LogP contribution in [0.5, 0.6) is 5.75 Å². The minimum atomic E-state index is -0.112. The highest BCUT2D eigenvalue weighted by molar-refractivity contribution is 7.22. The smallest absolute Gasteiger partial charge is 0.280 e. The summed E-state index contributed by atoms with van der Waals surface area (Å²) < 4.78 is 8.52. The molecule has 7 nitrogen and oxygen atoms in total. The maximum Gasteiger partial charge on any atom is 0.280 e. The molecule has 0 atom stereocenters. The number of hydrogen-bond acceptors (Lipinski definition) is 6. The molecule has 0 aliphatic heterocycles. The Bertz CT molecular complexity index is 1030. The van der Waals surface area contributed by atoms with Gasteiger partial charge in [-0.25, -0.2) is 4.98 Å². The number of anilines is 1. The molecule has 0 bridgehead atoms. The average Bonchev–Trinajstić information content (AvgIpc) is 3.34. The fourth-order valence-electron chi connectivity index (χ4n) is 3.58. The van der Waals surface area contributed by atoms with Crippen molar-refractivity contribution in [3.63, 3.8) is 0 Å². The standard InChI is InChI=1S/C23H33N5O2S.ClH/c1-7-26(8-2)12-13-27(22(29)20-14-17(6)28(25-20)16(4)5)23-24-19-11-10-18(30-9-3)15-21(19)31-23;/h10-11,14-16H,7-9,12-13H2,1-6H3;1H. The van der Waals surface area contributed by atoms with Crippen molar-refractivity contribution in [2.75, 3.05) is 37.7 Å². The topological polar surface area (TPSA) is 63.5 Å². The molecule has 0 aliphatic carbocycles. The molecular formula is C23H34ClN5O2S. The molecule has 3 rings (SSSR count). The van der Waals surface area contributed by atoms with Gasteiger partial charge in [0.05, 0.1) is 16.8 Å². The molecule has 0 aliphatic rings. The van der Waals surface area contributed by atoms with E-state index in [-0.39, 0.29) is 24.4 Å². The van der Waals surface area contributed by atoms with Crippen LogP contribution in [-0.2, 0) is 0 Å². The second-order valence-corrected chi connectivity index (χ2v) is 8.76. The van der Waals surface area contributed by atoms with Gasteiger partial charge in [0.25, 0.3) is 5.91 Å². The van der Waals surface area contributed by atoms with Crippen LogP contribution in [0.3, 0.4) is 0 Å². The number of carbonyl (C=O) groups excluding carboxylic acids is 1. The molecule has 0 fully saturated rings. The van der Waals surface area contributed by atoms with E-state index in [1.165, 1.54) is 11.3 Å². The first-order valence-electron chi connectivity index (χ1n) is 11.0. The van der Waals surface area contributed by atoms with E-state index in [2.05, 4.69) is 37.7 Å². The summed E-state index contributed by atoms with van der Waals surface area (Å²) in [5.74, 6) is 0.705. The van der Waals surface area contributed by atoms with E-state index in [0.29, 0.717) is 24.0 Å². The maximum absolute atomic E-state index is 13.5. The highest BCUT2D eigenvalue weighted by Gasteiger charge is 2.25. The Morgan fingerprint density at radius 1 is 1.16 bits per heavy atom. The number of thiazole rings is 1. The predicted octanol–water partition coefficient (Wildman–Crippen LogP) is 5.19. The van der Waals surface area contributed by atoms with Crippen LogP contribution in [0.15, 0.2) is 24.3 Å². The minimum absolute atomic E-state index is 0. The molecule has 9 heteroatoms. The molecule has 1 aromatic carbocycles. The zero-order valence-corrected chi connectivity index (χ0v) is 21.4. The van der Waals surface area contributed by atoms with Gasteiger partial charge in [-0.3, -0.25) is 14.4 Å². The van der Waals surface area contributed by atoms with E-state index in [0.717, 1.165) is 41.3 Å². The second kappa shape index (κ2) is 11.6. The summed E-state index contributed by atoms with van der Waals surface area (Å²) >= 11 is 1.51. The number of benzene rings is 1. The first-order valence-corrected chi connectivity index (χ1v) is 11.8. The number of carbonyl (C=O) groups is 1. The van der Waals surface area contributed by atoms with Gasteiger partial charge >= 0.3 is 0 Å². The number of rotatable bonds is 10. The van der Waals surface area contributed by atoms with E-state index in [9.17, 15) is 4.79 Å². The van der Waals surface area contributed by atoms with Crippen LogP contribution in [0.2, 0.25) is 0 Å². The molecule has 32 heavy (non-hydrogen) atoms. The summed E-state index contributed by atoms with van der Waals surface area (Å²) in [6.07, 6.45) is 0. The molecule has 0 radical (unpaired) electrons. The molecule has 1 amide bonds. The molecule has 176 valence electrons. The van der Waals surface area contributed by atoms with Crippen LogP contribution in [0.1, 0.15) is 56.8 Å². The van der Waals surface area contributed by atoms with Gasteiger partial charge in [-0.05, 0) is 65.0 Å². The van der Waals surface area contributed by atoms with E-state index in [1.54, 1.807) is 4.90 Å². The molecule has 0 N–H and O–H groups in total. The summed E-state index contributed by atoms with van der Waals surface area (Å²) in [4.78, 5) is 22.4. The van der Waals surface area contributed by atoms with E-state index in [4.69, 9.17) is 9.72 Å². The largest absolute Gasteiger partial charge is 0.494 e. The van der Waals surface area contributed by atoms with Crippen molar-refractivity contribution in [1.29, 1.82) is 0 Å². The molecule has 2 heterocycles. The summed E-state index contributed by atoms with van der Waals surface area (Å²) in [5.41, 5.74) is 2.31. The van der Waals surface area contributed by atoms with E-state index in [1.807, 2.05) is 42.8 Å². The van der Waals surface area contributed by atoms with Crippen LogP contribution in [0.25, 0.3) is 10.2 Å². The number of hydrogen-bond donors (Lipinski definition) is 0. The van der Waals surface area contributed by atoms with Gasteiger partial charge in [-0.2, -0.15) is 5.10 Å². The number of ether oxygens (including phenoxy) is 1. The number of aryl methyl sites for hydroxylation is 1. The number of halogens is 1. The van der Waals surface area contributed by atoms with Gasteiger partial charge in [-0.1, -0.05) is 25.2 Å². The normalized spacial score (nSPS) is 11.2. The SMILES string of the molecule is CCOc1ccc2nc(N(CCN(CC)CC)C(=O)c3cc(C)n(C(C)C)n3)sc2c1.Cl. The molecule has 0 saturated heterocycles. The number of likely N-dealkylation sites (N-methyl/N-ethyl adjacent to an activating group) is 1. The predicted molar refractivity (Wildman–Crippen MR) is 135 cm³/mol. The molecule has 2 aromatic heterocycles. The Hall–Kier alpha value is -2.16. The number of nitrogens with zero attached hydrogens (tertiary/aromatic N) is 5. The monoisotopic (exact) mass is 479 g/mol. The highest BCUT2D eigenvalue weighted by atomic mass is 35.5. The lowest BCUT2D eigenvalue weighted by Gasteiger charge is -2.24. The van der Waals surface area contributed by atoms with Crippen molar-refractivity contribution in [2.45, 2.75) is 47.6 Å². The first-order chi connectivity index (χ1) is 14.9. The molecule has 0 saturated carbocycles. The number of fused-ring (bicyclic) bond motifs is 1. The van der Waals surface area contributed by atoms with Crippen LogP contribution in [0.4, 0.5) is 5.13 Å². The third-order valence-corrected chi connectivity index (χ3v) is 6.34. The van der Waals surface area contributed by atoms with Gasteiger partial charge in [-0.15, -0.1) is 12.4 Å². The lowest BCUT2D eigenvalue weighted by Crippen LogP contribution is -2.39. The lowest BCUT2D eigenvalue weighted by molar-refractivity contribution is 0.0978. The van der Waals surface area contributed by atoms with E-state index < -0.39 is 0 Å². The van der Waals surface area contributed by atoms with Crippen molar-refractivity contribution in [1.82, 2.24) is 19.7 Å². The quantitative estimate of drug-likeness (QED) is 0.400. The van der Waals surface area contributed by atoms with Gasteiger partial charge < -0.3 is 9.64 Å². The summed E-state index contributed by atoms with van der Waals surface area (Å²) in [6, 6.07) is 7.93. The molecule has 0 unspecified atom stereocenters. The van der Waals surface area contributed by atoms with Crippen LogP contribution >= 0.6 is 23.7 Å². The van der Waals surface area contributed by atoms with Crippen LogP contribution in [0, 0.1) is 6.92 Å². The molecule has 0 spiro atoms. The second-order valence-electron chi connectivity index (χ2n) is 7.75. The van der Waals surface area contributed by atoms with Gasteiger partial charge in [0.1, 0.15) is 5.75 Å².